The minimum atomic E-state index is 0.569. The lowest BCUT2D eigenvalue weighted by Gasteiger charge is -2.10. The lowest BCUT2D eigenvalue weighted by Crippen LogP contribution is -1.98. The molecule has 3 rings (SSSR count). The zero-order chi connectivity index (χ0) is 14.7. The van der Waals surface area contributed by atoms with Crippen LogP contribution >= 0.6 is 0 Å². The van der Waals surface area contributed by atoms with Gasteiger partial charge in [0.1, 0.15) is 5.75 Å². The van der Waals surface area contributed by atoms with Gasteiger partial charge in [-0.05, 0) is 48.7 Å². The summed E-state index contributed by atoms with van der Waals surface area (Å²) in [5, 5.41) is 1.99. The molecular formula is C17H16N2O2. The Hall–Kier alpha value is -2.62. The molecule has 4 heteroatoms. The smallest absolute Gasteiger partial charge is 0.221 e. The highest BCUT2D eigenvalue weighted by Crippen LogP contribution is 2.31. The van der Waals surface area contributed by atoms with Crippen LogP contribution in [0.15, 0.2) is 48.7 Å². The summed E-state index contributed by atoms with van der Waals surface area (Å²) in [5.41, 5.74) is 1.61. The van der Waals surface area contributed by atoms with Gasteiger partial charge >= 0.3 is 0 Å². The zero-order valence-electron chi connectivity index (χ0n) is 12.0. The van der Waals surface area contributed by atoms with Gasteiger partial charge in [-0.2, -0.15) is 0 Å². The van der Waals surface area contributed by atoms with Crippen LogP contribution < -0.4 is 9.47 Å². The first-order valence-corrected chi connectivity index (χ1v) is 6.85. The molecule has 0 bridgehead atoms. The molecule has 1 aromatic carbocycles. The summed E-state index contributed by atoms with van der Waals surface area (Å²) in [6, 6.07) is 13.6. The van der Waals surface area contributed by atoms with Gasteiger partial charge in [0.15, 0.2) is 0 Å². The van der Waals surface area contributed by atoms with E-state index in [9.17, 15) is 0 Å². The molecule has 0 amide bonds. The summed E-state index contributed by atoms with van der Waals surface area (Å²) in [6.45, 7) is 2.52. The maximum absolute atomic E-state index is 5.68. The molecular weight excluding hydrogens is 264 g/mol. The Morgan fingerprint density at radius 3 is 2.67 bits per heavy atom. The van der Waals surface area contributed by atoms with Crippen molar-refractivity contribution < 1.29 is 9.47 Å². The molecule has 0 aliphatic carbocycles. The van der Waals surface area contributed by atoms with Crippen LogP contribution in [0.5, 0.6) is 11.6 Å². The number of ether oxygens (including phenoxy) is 2. The first kappa shape index (κ1) is 13.4. The number of rotatable bonds is 4. The van der Waals surface area contributed by atoms with E-state index < -0.39 is 0 Å². The molecule has 21 heavy (non-hydrogen) atoms. The Balaban J connectivity index is 2.22. The average molecular weight is 280 g/mol. The van der Waals surface area contributed by atoms with Crippen LogP contribution in [0.4, 0.5) is 0 Å². The Morgan fingerprint density at radius 2 is 1.95 bits per heavy atom. The number of aromatic nitrogens is 2. The lowest BCUT2D eigenvalue weighted by atomic mass is 10.1. The van der Waals surface area contributed by atoms with Crippen molar-refractivity contribution in [2.24, 2.45) is 0 Å². The predicted molar refractivity (Wildman–Crippen MR) is 82.7 cm³/mol. The summed E-state index contributed by atoms with van der Waals surface area (Å²) in [4.78, 5) is 8.94. The fourth-order valence-electron chi connectivity index (χ4n) is 2.22. The van der Waals surface area contributed by atoms with Crippen LogP contribution in [-0.2, 0) is 0 Å². The lowest BCUT2D eigenvalue weighted by molar-refractivity contribution is 0.331. The van der Waals surface area contributed by atoms with Crippen LogP contribution in [0.2, 0.25) is 0 Å². The summed E-state index contributed by atoms with van der Waals surface area (Å²) in [5.74, 6) is 1.43. The van der Waals surface area contributed by atoms with Crippen molar-refractivity contribution in [1.29, 1.82) is 0 Å². The van der Waals surface area contributed by atoms with Gasteiger partial charge in [-0.15, -0.1) is 0 Å². The van der Waals surface area contributed by atoms with Crippen molar-refractivity contribution in [2.75, 3.05) is 13.7 Å². The second-order valence-electron chi connectivity index (χ2n) is 4.55. The quantitative estimate of drug-likeness (QED) is 0.731. The van der Waals surface area contributed by atoms with Gasteiger partial charge in [-0.1, -0.05) is 6.07 Å². The van der Waals surface area contributed by atoms with E-state index in [0.29, 0.717) is 12.5 Å². The Bertz CT molecular complexity index is 757. The summed E-state index contributed by atoms with van der Waals surface area (Å²) < 4.78 is 11.0. The Kier molecular flexibility index (Phi) is 3.69. The largest absolute Gasteiger partial charge is 0.497 e. The summed E-state index contributed by atoms with van der Waals surface area (Å²) >= 11 is 0. The van der Waals surface area contributed by atoms with Crippen LogP contribution in [0.1, 0.15) is 6.92 Å². The molecule has 2 aromatic heterocycles. The first-order chi connectivity index (χ1) is 10.3. The van der Waals surface area contributed by atoms with Gasteiger partial charge in [0, 0.05) is 11.6 Å². The van der Waals surface area contributed by atoms with Crippen molar-refractivity contribution in [3.63, 3.8) is 0 Å². The van der Waals surface area contributed by atoms with Crippen LogP contribution in [0.25, 0.3) is 22.2 Å². The average Bonchev–Trinajstić information content (AvgIpc) is 2.55. The molecule has 4 nitrogen and oxygen atoms in total. The molecule has 0 fully saturated rings. The van der Waals surface area contributed by atoms with Gasteiger partial charge in [0.2, 0.25) is 5.88 Å². The van der Waals surface area contributed by atoms with Crippen LogP contribution in [0, 0.1) is 0 Å². The highest BCUT2D eigenvalue weighted by molar-refractivity contribution is 5.90. The second-order valence-corrected chi connectivity index (χ2v) is 4.55. The molecule has 0 saturated carbocycles. The molecule has 3 aromatic rings. The van der Waals surface area contributed by atoms with E-state index in [1.165, 1.54) is 0 Å². The monoisotopic (exact) mass is 280 g/mol. The van der Waals surface area contributed by atoms with E-state index in [1.807, 2.05) is 49.4 Å². The predicted octanol–water partition coefficient (Wildman–Crippen LogP) is 3.70. The van der Waals surface area contributed by atoms with E-state index in [1.54, 1.807) is 13.3 Å². The molecule has 0 N–H and O–H groups in total. The highest BCUT2D eigenvalue weighted by Gasteiger charge is 2.10. The minimum Gasteiger partial charge on any atom is -0.497 e. The molecule has 2 heterocycles. The SMILES string of the molecule is CCOc1nc(-c2ccccn2)cc2cc(OC)ccc12. The maximum Gasteiger partial charge on any atom is 0.221 e. The third-order valence-electron chi connectivity index (χ3n) is 3.21. The topological polar surface area (TPSA) is 44.2 Å². The van der Waals surface area contributed by atoms with Crippen LogP contribution in [-0.4, -0.2) is 23.7 Å². The molecule has 0 saturated heterocycles. The minimum absolute atomic E-state index is 0.569. The molecule has 106 valence electrons. The Labute approximate surface area is 123 Å². The third kappa shape index (κ3) is 2.65. The second kappa shape index (κ2) is 5.79. The van der Waals surface area contributed by atoms with Crippen LogP contribution in [0.3, 0.4) is 0 Å². The molecule has 0 aliphatic heterocycles. The summed E-state index contributed by atoms with van der Waals surface area (Å²) in [7, 11) is 1.66. The van der Waals surface area contributed by atoms with Crippen molar-refractivity contribution in [3.8, 4) is 23.0 Å². The molecule has 0 unspecified atom stereocenters. The fourth-order valence-corrected chi connectivity index (χ4v) is 2.22. The standard InChI is InChI=1S/C17H16N2O2/c1-3-21-17-14-8-7-13(20-2)10-12(14)11-16(19-17)15-6-4-5-9-18-15/h4-11H,3H2,1-2H3. The van der Waals surface area contributed by atoms with E-state index in [0.717, 1.165) is 27.9 Å². The number of hydrogen-bond acceptors (Lipinski definition) is 4. The fraction of sp³-hybridized carbons (Fsp3) is 0.176. The number of methoxy groups -OCH3 is 1. The van der Waals surface area contributed by atoms with Gasteiger partial charge in [-0.25, -0.2) is 4.98 Å². The molecule has 0 aliphatic rings. The molecule has 0 radical (unpaired) electrons. The highest BCUT2D eigenvalue weighted by atomic mass is 16.5. The first-order valence-electron chi connectivity index (χ1n) is 6.85. The number of fused-ring (bicyclic) bond motifs is 1. The van der Waals surface area contributed by atoms with E-state index >= 15 is 0 Å². The summed E-state index contributed by atoms with van der Waals surface area (Å²) in [6.07, 6.45) is 1.76. The number of nitrogens with zero attached hydrogens (tertiary/aromatic N) is 2. The van der Waals surface area contributed by atoms with Gasteiger partial charge < -0.3 is 9.47 Å². The maximum atomic E-state index is 5.68. The van der Waals surface area contributed by atoms with Crippen molar-refractivity contribution in [3.05, 3.63) is 48.7 Å². The van der Waals surface area contributed by atoms with E-state index in [4.69, 9.17) is 9.47 Å². The van der Waals surface area contributed by atoms with E-state index in [-0.39, 0.29) is 0 Å². The normalized spacial score (nSPS) is 10.6. The van der Waals surface area contributed by atoms with E-state index in [2.05, 4.69) is 9.97 Å². The van der Waals surface area contributed by atoms with Gasteiger partial charge in [0.05, 0.1) is 25.1 Å². The van der Waals surface area contributed by atoms with Gasteiger partial charge in [0.25, 0.3) is 0 Å². The van der Waals surface area contributed by atoms with Crippen molar-refractivity contribution >= 4 is 10.8 Å². The van der Waals surface area contributed by atoms with Crippen molar-refractivity contribution in [1.82, 2.24) is 9.97 Å². The molecule has 0 spiro atoms. The number of benzene rings is 1. The zero-order valence-corrected chi connectivity index (χ0v) is 12.0. The third-order valence-corrected chi connectivity index (χ3v) is 3.21. The Morgan fingerprint density at radius 1 is 1.05 bits per heavy atom. The number of hydrogen-bond donors (Lipinski definition) is 0. The number of pyridine rings is 2. The van der Waals surface area contributed by atoms with Crippen molar-refractivity contribution in [2.45, 2.75) is 6.92 Å². The molecule has 0 atom stereocenters. The van der Waals surface area contributed by atoms with Gasteiger partial charge in [-0.3, -0.25) is 4.98 Å².